The highest BCUT2D eigenvalue weighted by Gasteiger charge is 2.30. The lowest BCUT2D eigenvalue weighted by atomic mass is 10.2. The maximum atomic E-state index is 12.6. The minimum atomic E-state index is -4.38. The van der Waals surface area contributed by atoms with Gasteiger partial charge in [-0.15, -0.1) is 0 Å². The highest BCUT2D eigenvalue weighted by Crippen LogP contribution is 2.30. The van der Waals surface area contributed by atoms with Crippen molar-refractivity contribution in [1.82, 2.24) is 9.78 Å². The quantitative estimate of drug-likeness (QED) is 0.836. The number of hydrogen-bond acceptors (Lipinski definition) is 2. The SMILES string of the molecule is Cc1cc(CC#N)nn1-c1cccc(C(F)(F)F)c1. The summed E-state index contributed by atoms with van der Waals surface area (Å²) in [5.74, 6) is 0. The summed E-state index contributed by atoms with van der Waals surface area (Å²) in [4.78, 5) is 0. The van der Waals surface area contributed by atoms with Gasteiger partial charge >= 0.3 is 6.18 Å². The summed E-state index contributed by atoms with van der Waals surface area (Å²) in [7, 11) is 0. The molecule has 98 valence electrons. The second-order valence-corrected chi connectivity index (χ2v) is 4.07. The van der Waals surface area contributed by atoms with Crippen LogP contribution in [0, 0.1) is 18.3 Å². The molecule has 0 radical (unpaired) electrons. The lowest BCUT2D eigenvalue weighted by Crippen LogP contribution is -2.07. The number of nitrogens with zero attached hydrogens (tertiary/aromatic N) is 3. The third-order valence-corrected chi connectivity index (χ3v) is 2.62. The molecule has 3 nitrogen and oxygen atoms in total. The van der Waals surface area contributed by atoms with Crippen molar-refractivity contribution in [3.8, 4) is 11.8 Å². The van der Waals surface area contributed by atoms with E-state index in [-0.39, 0.29) is 6.42 Å². The van der Waals surface area contributed by atoms with Crippen LogP contribution in [0.15, 0.2) is 30.3 Å². The highest BCUT2D eigenvalue weighted by molar-refractivity contribution is 5.38. The zero-order chi connectivity index (χ0) is 14.0. The summed E-state index contributed by atoms with van der Waals surface area (Å²) in [5.41, 5.74) is 0.834. The van der Waals surface area contributed by atoms with Gasteiger partial charge in [-0.05, 0) is 31.2 Å². The van der Waals surface area contributed by atoms with Crippen molar-refractivity contribution in [1.29, 1.82) is 5.26 Å². The Kier molecular flexibility index (Phi) is 3.30. The van der Waals surface area contributed by atoms with E-state index in [1.807, 2.05) is 6.07 Å². The van der Waals surface area contributed by atoms with Crippen LogP contribution < -0.4 is 0 Å². The molecule has 1 heterocycles. The molecule has 0 N–H and O–H groups in total. The third-order valence-electron chi connectivity index (χ3n) is 2.62. The molecule has 0 bridgehead atoms. The van der Waals surface area contributed by atoms with Crippen LogP contribution in [0.4, 0.5) is 13.2 Å². The van der Waals surface area contributed by atoms with Crippen LogP contribution in [0.5, 0.6) is 0 Å². The van der Waals surface area contributed by atoms with Gasteiger partial charge in [0, 0.05) is 5.69 Å². The highest BCUT2D eigenvalue weighted by atomic mass is 19.4. The molecule has 0 saturated carbocycles. The lowest BCUT2D eigenvalue weighted by Gasteiger charge is -2.09. The average Bonchev–Trinajstić information content (AvgIpc) is 2.70. The molecule has 0 fully saturated rings. The van der Waals surface area contributed by atoms with Crippen LogP contribution in [0.25, 0.3) is 5.69 Å². The molecule has 0 spiro atoms. The van der Waals surface area contributed by atoms with E-state index in [1.54, 1.807) is 19.1 Å². The van der Waals surface area contributed by atoms with Gasteiger partial charge in [-0.25, -0.2) is 4.68 Å². The van der Waals surface area contributed by atoms with Gasteiger partial charge in [-0.1, -0.05) is 6.07 Å². The molecule has 0 atom stereocenters. The Morgan fingerprint density at radius 1 is 1.32 bits per heavy atom. The predicted octanol–water partition coefficient (Wildman–Crippen LogP) is 3.27. The molecule has 6 heteroatoms. The van der Waals surface area contributed by atoms with E-state index < -0.39 is 11.7 Å². The Hall–Kier alpha value is -2.29. The molecule has 0 aliphatic heterocycles. The number of halogens is 3. The van der Waals surface area contributed by atoms with Crippen molar-refractivity contribution in [2.75, 3.05) is 0 Å². The van der Waals surface area contributed by atoms with E-state index in [0.29, 0.717) is 17.1 Å². The standard InChI is InChI=1S/C13H10F3N3/c1-9-7-11(5-6-17)18-19(9)12-4-2-3-10(8-12)13(14,15)16/h2-4,7-8H,5H2,1H3. The first-order valence-corrected chi connectivity index (χ1v) is 5.52. The third kappa shape index (κ3) is 2.76. The Labute approximate surface area is 107 Å². The van der Waals surface area contributed by atoms with E-state index in [1.165, 1.54) is 10.7 Å². The number of aryl methyl sites for hydroxylation is 1. The minimum absolute atomic E-state index is 0.132. The molecule has 0 aliphatic carbocycles. The van der Waals surface area contributed by atoms with Crippen LogP contribution in [0.1, 0.15) is 17.0 Å². The Balaban J connectivity index is 2.45. The Morgan fingerprint density at radius 3 is 2.68 bits per heavy atom. The van der Waals surface area contributed by atoms with E-state index >= 15 is 0 Å². The number of hydrogen-bond donors (Lipinski definition) is 0. The number of benzene rings is 1. The van der Waals surface area contributed by atoms with Crippen molar-refractivity contribution >= 4 is 0 Å². The topological polar surface area (TPSA) is 41.6 Å². The van der Waals surface area contributed by atoms with Gasteiger partial charge in [-0.3, -0.25) is 0 Å². The van der Waals surface area contributed by atoms with E-state index in [2.05, 4.69) is 5.10 Å². The molecular weight excluding hydrogens is 255 g/mol. The van der Waals surface area contributed by atoms with Gasteiger partial charge in [0.15, 0.2) is 0 Å². The van der Waals surface area contributed by atoms with Gasteiger partial charge in [0.2, 0.25) is 0 Å². The van der Waals surface area contributed by atoms with Crippen molar-refractivity contribution in [2.24, 2.45) is 0 Å². The van der Waals surface area contributed by atoms with Gasteiger partial charge in [0.25, 0.3) is 0 Å². The minimum Gasteiger partial charge on any atom is -0.238 e. The molecule has 1 aromatic carbocycles. The number of rotatable bonds is 2. The van der Waals surface area contributed by atoms with Crippen LogP contribution in [-0.4, -0.2) is 9.78 Å². The molecule has 0 amide bonds. The van der Waals surface area contributed by atoms with Crippen LogP contribution in [0.2, 0.25) is 0 Å². The van der Waals surface area contributed by atoms with E-state index in [0.717, 1.165) is 12.1 Å². The van der Waals surface area contributed by atoms with Crippen LogP contribution in [-0.2, 0) is 12.6 Å². The number of alkyl halides is 3. The van der Waals surface area contributed by atoms with Crippen molar-refractivity contribution in [2.45, 2.75) is 19.5 Å². The molecule has 19 heavy (non-hydrogen) atoms. The largest absolute Gasteiger partial charge is 0.416 e. The first-order valence-electron chi connectivity index (χ1n) is 5.52. The lowest BCUT2D eigenvalue weighted by molar-refractivity contribution is -0.137. The van der Waals surface area contributed by atoms with E-state index in [4.69, 9.17) is 5.26 Å². The maximum Gasteiger partial charge on any atom is 0.416 e. The molecular formula is C13H10F3N3. The Morgan fingerprint density at radius 2 is 2.05 bits per heavy atom. The van der Waals surface area contributed by atoms with Crippen LogP contribution >= 0.6 is 0 Å². The van der Waals surface area contributed by atoms with Gasteiger partial charge < -0.3 is 0 Å². The second-order valence-electron chi connectivity index (χ2n) is 4.07. The van der Waals surface area contributed by atoms with E-state index in [9.17, 15) is 13.2 Å². The zero-order valence-corrected chi connectivity index (χ0v) is 10.1. The Bertz CT molecular complexity index is 635. The molecule has 0 saturated heterocycles. The number of aromatic nitrogens is 2. The fraction of sp³-hybridized carbons (Fsp3) is 0.231. The normalized spacial score (nSPS) is 11.3. The molecule has 2 rings (SSSR count). The summed E-state index contributed by atoms with van der Waals surface area (Å²) in [6, 6.07) is 8.57. The fourth-order valence-corrected chi connectivity index (χ4v) is 1.78. The van der Waals surface area contributed by atoms with Gasteiger partial charge in [-0.2, -0.15) is 23.5 Å². The first-order chi connectivity index (χ1) is 8.91. The summed E-state index contributed by atoms with van der Waals surface area (Å²) < 4.78 is 39.3. The summed E-state index contributed by atoms with van der Waals surface area (Å²) in [5, 5.41) is 12.7. The summed E-state index contributed by atoms with van der Waals surface area (Å²) >= 11 is 0. The summed E-state index contributed by atoms with van der Waals surface area (Å²) in [6.07, 6.45) is -4.25. The molecule has 0 unspecified atom stereocenters. The zero-order valence-electron chi connectivity index (χ0n) is 10.1. The fourth-order valence-electron chi connectivity index (χ4n) is 1.78. The smallest absolute Gasteiger partial charge is 0.238 e. The predicted molar refractivity (Wildman–Crippen MR) is 62.6 cm³/mol. The van der Waals surface area contributed by atoms with Crippen LogP contribution in [0.3, 0.4) is 0 Å². The molecule has 0 aliphatic rings. The second kappa shape index (κ2) is 4.76. The van der Waals surface area contributed by atoms with Gasteiger partial charge in [0.1, 0.15) is 0 Å². The van der Waals surface area contributed by atoms with Crippen molar-refractivity contribution in [3.63, 3.8) is 0 Å². The van der Waals surface area contributed by atoms with Gasteiger partial charge in [0.05, 0.1) is 29.4 Å². The summed E-state index contributed by atoms with van der Waals surface area (Å²) in [6.45, 7) is 1.73. The maximum absolute atomic E-state index is 12.6. The molecule has 1 aromatic heterocycles. The average molecular weight is 265 g/mol. The van der Waals surface area contributed by atoms with Crippen molar-refractivity contribution in [3.05, 3.63) is 47.3 Å². The molecule has 2 aromatic rings. The number of nitriles is 1. The monoisotopic (exact) mass is 265 g/mol. The first kappa shape index (κ1) is 13.1. The van der Waals surface area contributed by atoms with Crippen molar-refractivity contribution < 1.29 is 13.2 Å².